The second-order valence-corrected chi connectivity index (χ2v) is 6.48. The van der Waals surface area contributed by atoms with E-state index in [2.05, 4.69) is 32.5 Å². The molecule has 0 saturated heterocycles. The minimum absolute atomic E-state index is 0.105. The summed E-state index contributed by atoms with van der Waals surface area (Å²) in [6.07, 6.45) is 5.56. The average molecular weight is 360 g/mol. The summed E-state index contributed by atoms with van der Waals surface area (Å²) in [5.74, 6) is 1.80. The number of benzene rings is 1. The highest BCUT2D eigenvalue weighted by Crippen LogP contribution is 2.25. The molecule has 0 amide bonds. The molecule has 4 aromatic rings. The van der Waals surface area contributed by atoms with Gasteiger partial charge in [-0.05, 0) is 31.5 Å². The molecule has 0 aliphatic carbocycles. The van der Waals surface area contributed by atoms with E-state index in [-0.39, 0.29) is 6.04 Å². The van der Waals surface area contributed by atoms with E-state index in [4.69, 9.17) is 4.52 Å². The van der Waals surface area contributed by atoms with Crippen LogP contribution >= 0.6 is 0 Å². The van der Waals surface area contributed by atoms with Crippen LogP contribution in [0.3, 0.4) is 0 Å². The number of aryl methyl sites for hydroxylation is 2. The van der Waals surface area contributed by atoms with E-state index in [0.717, 1.165) is 28.1 Å². The van der Waals surface area contributed by atoms with Crippen molar-refractivity contribution in [2.75, 3.05) is 5.32 Å². The first-order valence-electron chi connectivity index (χ1n) is 8.71. The average Bonchev–Trinajstić information content (AvgIpc) is 3.32. The number of nitrogens with zero attached hydrogens (tertiary/aromatic N) is 5. The molecule has 1 atom stereocenters. The van der Waals surface area contributed by atoms with Crippen LogP contribution in [-0.2, 0) is 7.05 Å². The molecule has 7 nitrogen and oxygen atoms in total. The summed E-state index contributed by atoms with van der Waals surface area (Å²) in [5, 5.41) is 11.7. The minimum Gasteiger partial charge on any atom is -0.363 e. The molecule has 4 rings (SSSR count). The summed E-state index contributed by atoms with van der Waals surface area (Å²) in [7, 11) is 1.90. The van der Waals surface area contributed by atoms with Crippen molar-refractivity contribution in [3.05, 3.63) is 66.1 Å². The van der Waals surface area contributed by atoms with E-state index in [1.807, 2.05) is 62.8 Å². The Hall–Kier alpha value is -3.48. The maximum Gasteiger partial charge on any atom is 0.259 e. The number of anilines is 1. The molecular weight excluding hydrogens is 340 g/mol. The molecular formula is C20H20N6O. The number of hydrogen-bond donors (Lipinski definition) is 1. The van der Waals surface area contributed by atoms with Gasteiger partial charge in [0, 0.05) is 30.6 Å². The van der Waals surface area contributed by atoms with E-state index in [0.29, 0.717) is 11.7 Å². The molecule has 0 aliphatic heterocycles. The van der Waals surface area contributed by atoms with E-state index in [9.17, 15) is 0 Å². The van der Waals surface area contributed by atoms with Crippen LogP contribution in [0.15, 0.2) is 59.5 Å². The number of rotatable bonds is 5. The molecule has 1 N–H and O–H groups in total. The van der Waals surface area contributed by atoms with Gasteiger partial charge < -0.3 is 9.84 Å². The number of hydrogen-bond acceptors (Lipinski definition) is 6. The van der Waals surface area contributed by atoms with Gasteiger partial charge in [-0.2, -0.15) is 10.1 Å². The highest BCUT2D eigenvalue weighted by molar-refractivity contribution is 5.62. The van der Waals surface area contributed by atoms with Gasteiger partial charge >= 0.3 is 0 Å². The van der Waals surface area contributed by atoms with E-state index in [1.165, 1.54) is 0 Å². The Morgan fingerprint density at radius 2 is 1.96 bits per heavy atom. The highest BCUT2D eigenvalue weighted by Gasteiger charge is 2.13. The lowest BCUT2D eigenvalue weighted by Crippen LogP contribution is -2.07. The van der Waals surface area contributed by atoms with Crippen LogP contribution < -0.4 is 5.32 Å². The number of nitrogens with one attached hydrogen (secondary N) is 1. The van der Waals surface area contributed by atoms with Crippen molar-refractivity contribution in [1.29, 1.82) is 0 Å². The Balaban J connectivity index is 1.50. The third-order valence-electron chi connectivity index (χ3n) is 4.41. The third-order valence-corrected chi connectivity index (χ3v) is 4.41. The molecule has 27 heavy (non-hydrogen) atoms. The first kappa shape index (κ1) is 17.0. The molecule has 3 heterocycles. The van der Waals surface area contributed by atoms with Gasteiger partial charge in [0.05, 0.1) is 17.8 Å². The maximum absolute atomic E-state index is 5.42. The van der Waals surface area contributed by atoms with Gasteiger partial charge in [0.15, 0.2) is 0 Å². The van der Waals surface area contributed by atoms with Crippen molar-refractivity contribution in [2.45, 2.75) is 19.9 Å². The summed E-state index contributed by atoms with van der Waals surface area (Å²) < 4.78 is 7.20. The van der Waals surface area contributed by atoms with Crippen molar-refractivity contribution >= 4 is 5.82 Å². The van der Waals surface area contributed by atoms with Gasteiger partial charge in [-0.25, -0.2) is 4.98 Å². The Kier molecular flexibility index (Phi) is 4.42. The monoisotopic (exact) mass is 360 g/mol. The standard InChI is InChI=1S/C20H20N6O/c1-13-6-4-5-7-17(13)19-24-20(27-25-19)15-8-9-18(21-10-15)23-14(2)16-11-22-26(3)12-16/h4-12,14H,1-3H3,(H,21,23). The largest absolute Gasteiger partial charge is 0.363 e. The van der Waals surface area contributed by atoms with E-state index >= 15 is 0 Å². The van der Waals surface area contributed by atoms with E-state index in [1.54, 1.807) is 10.9 Å². The summed E-state index contributed by atoms with van der Waals surface area (Å²) in [6, 6.07) is 11.9. The molecule has 1 aromatic carbocycles. The third kappa shape index (κ3) is 3.57. The minimum atomic E-state index is 0.105. The first-order chi connectivity index (χ1) is 13.1. The summed E-state index contributed by atoms with van der Waals surface area (Å²) in [5.41, 5.74) is 3.95. The fourth-order valence-corrected chi connectivity index (χ4v) is 2.85. The SMILES string of the molecule is Cc1ccccc1-c1noc(-c2ccc(NC(C)c3cnn(C)c3)nc2)n1. The second-order valence-electron chi connectivity index (χ2n) is 6.48. The zero-order valence-corrected chi connectivity index (χ0v) is 15.4. The molecule has 0 saturated carbocycles. The first-order valence-corrected chi connectivity index (χ1v) is 8.71. The van der Waals surface area contributed by atoms with Gasteiger partial charge in [0.1, 0.15) is 5.82 Å². The van der Waals surface area contributed by atoms with Gasteiger partial charge in [-0.1, -0.05) is 29.4 Å². The van der Waals surface area contributed by atoms with Crippen LogP contribution in [0.25, 0.3) is 22.8 Å². The van der Waals surface area contributed by atoms with Crippen molar-refractivity contribution in [3.8, 4) is 22.8 Å². The molecule has 136 valence electrons. The Bertz CT molecular complexity index is 1050. The predicted octanol–water partition coefficient (Wildman–Crippen LogP) is 4.01. The van der Waals surface area contributed by atoms with Gasteiger partial charge in [0.2, 0.25) is 5.82 Å². The molecule has 7 heteroatoms. The summed E-state index contributed by atoms with van der Waals surface area (Å²) in [6.45, 7) is 4.09. The van der Waals surface area contributed by atoms with Crippen LogP contribution in [0, 0.1) is 6.92 Å². The molecule has 0 radical (unpaired) electrons. The molecule has 0 aliphatic rings. The van der Waals surface area contributed by atoms with Crippen LogP contribution in [0.1, 0.15) is 24.1 Å². The highest BCUT2D eigenvalue weighted by atomic mass is 16.5. The molecule has 0 bridgehead atoms. The molecule has 3 aromatic heterocycles. The molecule has 0 spiro atoms. The van der Waals surface area contributed by atoms with Crippen LogP contribution in [0.4, 0.5) is 5.82 Å². The predicted molar refractivity (Wildman–Crippen MR) is 103 cm³/mol. The van der Waals surface area contributed by atoms with Gasteiger partial charge in [-0.15, -0.1) is 0 Å². The maximum atomic E-state index is 5.42. The lowest BCUT2D eigenvalue weighted by Gasteiger charge is -2.12. The zero-order chi connectivity index (χ0) is 18.8. The van der Waals surface area contributed by atoms with Crippen molar-refractivity contribution in [2.24, 2.45) is 7.05 Å². The number of aromatic nitrogens is 5. The fourth-order valence-electron chi connectivity index (χ4n) is 2.85. The lowest BCUT2D eigenvalue weighted by molar-refractivity contribution is 0.432. The fraction of sp³-hybridized carbons (Fsp3) is 0.200. The Morgan fingerprint density at radius 3 is 2.67 bits per heavy atom. The lowest BCUT2D eigenvalue weighted by atomic mass is 10.1. The topological polar surface area (TPSA) is 81.7 Å². The van der Waals surface area contributed by atoms with Crippen molar-refractivity contribution in [1.82, 2.24) is 24.9 Å². The van der Waals surface area contributed by atoms with Crippen LogP contribution in [-0.4, -0.2) is 24.9 Å². The van der Waals surface area contributed by atoms with Gasteiger partial charge in [0.25, 0.3) is 5.89 Å². The zero-order valence-electron chi connectivity index (χ0n) is 15.4. The normalized spacial score (nSPS) is 12.1. The molecule has 0 fully saturated rings. The molecule has 1 unspecified atom stereocenters. The Morgan fingerprint density at radius 1 is 1.11 bits per heavy atom. The van der Waals surface area contributed by atoms with Crippen molar-refractivity contribution in [3.63, 3.8) is 0 Å². The quantitative estimate of drug-likeness (QED) is 0.579. The number of pyridine rings is 1. The smallest absolute Gasteiger partial charge is 0.259 e. The van der Waals surface area contributed by atoms with Crippen LogP contribution in [0.2, 0.25) is 0 Å². The van der Waals surface area contributed by atoms with E-state index < -0.39 is 0 Å². The second kappa shape index (κ2) is 7.03. The van der Waals surface area contributed by atoms with Gasteiger partial charge in [-0.3, -0.25) is 4.68 Å². The summed E-state index contributed by atoms with van der Waals surface area (Å²) in [4.78, 5) is 8.96. The van der Waals surface area contributed by atoms with Crippen LogP contribution in [0.5, 0.6) is 0 Å². The summed E-state index contributed by atoms with van der Waals surface area (Å²) >= 11 is 0. The Labute approximate surface area is 157 Å². The van der Waals surface area contributed by atoms with Crippen molar-refractivity contribution < 1.29 is 4.52 Å².